The molecule has 2 N–H and O–H groups in total. The number of halogens is 2. The molecule has 0 spiro atoms. The molecule has 0 aliphatic heterocycles. The molecule has 84 valence electrons. The van der Waals surface area contributed by atoms with E-state index in [0.29, 0.717) is 34.4 Å². The monoisotopic (exact) mass is 250 g/mol. The first-order valence-corrected chi connectivity index (χ1v) is 5.27. The number of hydrogen-bond donors (Lipinski definition) is 2. The summed E-state index contributed by atoms with van der Waals surface area (Å²) in [6.07, 6.45) is 0.518. The Hall–Kier alpha value is -0.480. The molecule has 0 radical (unpaired) electrons. The molecule has 0 amide bonds. The Balaban J connectivity index is 2.84. The van der Waals surface area contributed by atoms with Gasteiger partial charge >= 0.3 is 0 Å². The van der Waals surface area contributed by atoms with Gasteiger partial charge in [-0.3, -0.25) is 0 Å². The fourth-order valence-electron chi connectivity index (χ4n) is 1.13. The molecule has 1 rings (SSSR count). The first-order valence-electron chi connectivity index (χ1n) is 4.51. The third kappa shape index (κ3) is 3.54. The normalized spacial score (nSPS) is 10.4. The number of rotatable bonds is 5. The lowest BCUT2D eigenvalue weighted by atomic mass is 10.2. The predicted octanol–water partition coefficient (Wildman–Crippen LogP) is 2.25. The maximum absolute atomic E-state index is 9.08. The molecule has 0 saturated carbocycles. The van der Waals surface area contributed by atoms with Gasteiger partial charge in [0.25, 0.3) is 0 Å². The first-order chi connectivity index (χ1) is 7.19. The lowest BCUT2D eigenvalue weighted by molar-refractivity contribution is 0.226. The molecule has 0 bridgehead atoms. The molecule has 0 saturated heterocycles. The molecule has 1 aromatic rings. The molecule has 0 unspecified atom stereocenters. The van der Waals surface area contributed by atoms with Crippen LogP contribution in [0.2, 0.25) is 10.0 Å². The van der Waals surface area contributed by atoms with Gasteiger partial charge in [0.05, 0.1) is 18.2 Å². The second-order valence-corrected chi connectivity index (χ2v) is 3.80. The fourth-order valence-corrected chi connectivity index (χ4v) is 1.72. The third-order valence-corrected chi connectivity index (χ3v) is 2.30. The van der Waals surface area contributed by atoms with Gasteiger partial charge in [-0.1, -0.05) is 23.2 Å². The quantitative estimate of drug-likeness (QED) is 0.789. The summed E-state index contributed by atoms with van der Waals surface area (Å²) in [6, 6.07) is 3.15. The van der Waals surface area contributed by atoms with Crippen molar-refractivity contribution in [2.45, 2.75) is 13.0 Å². The van der Waals surface area contributed by atoms with E-state index in [0.717, 1.165) is 0 Å². The zero-order chi connectivity index (χ0) is 11.3. The van der Waals surface area contributed by atoms with E-state index < -0.39 is 0 Å². The van der Waals surface area contributed by atoms with Gasteiger partial charge < -0.3 is 14.9 Å². The van der Waals surface area contributed by atoms with Gasteiger partial charge in [0.2, 0.25) is 0 Å². The van der Waals surface area contributed by atoms with Crippen molar-refractivity contribution in [3.05, 3.63) is 27.7 Å². The Morgan fingerprint density at radius 1 is 1.20 bits per heavy atom. The van der Waals surface area contributed by atoms with Crippen molar-refractivity contribution in [3.63, 3.8) is 0 Å². The van der Waals surface area contributed by atoms with Crippen LogP contribution in [0.15, 0.2) is 12.1 Å². The maximum Gasteiger partial charge on any atom is 0.143 e. The molecule has 15 heavy (non-hydrogen) atoms. The fraction of sp³-hybridized carbons (Fsp3) is 0.400. The zero-order valence-electron chi connectivity index (χ0n) is 8.04. The van der Waals surface area contributed by atoms with Crippen LogP contribution in [0.25, 0.3) is 0 Å². The summed E-state index contributed by atoms with van der Waals surface area (Å²) < 4.78 is 5.34. The van der Waals surface area contributed by atoms with Crippen LogP contribution >= 0.6 is 23.2 Å². The zero-order valence-corrected chi connectivity index (χ0v) is 9.55. The van der Waals surface area contributed by atoms with Crippen LogP contribution in [0.1, 0.15) is 12.0 Å². The van der Waals surface area contributed by atoms with E-state index in [1.165, 1.54) is 0 Å². The summed E-state index contributed by atoms with van der Waals surface area (Å²) in [7, 11) is 0. The SMILES string of the molecule is OCCCOc1c(Cl)cc(Cl)cc1CO. The highest BCUT2D eigenvalue weighted by atomic mass is 35.5. The smallest absolute Gasteiger partial charge is 0.143 e. The summed E-state index contributed by atoms with van der Waals surface area (Å²) in [5.74, 6) is 0.428. The molecule has 0 aliphatic rings. The number of aliphatic hydroxyl groups is 2. The van der Waals surface area contributed by atoms with Crippen LogP contribution < -0.4 is 4.74 Å². The van der Waals surface area contributed by atoms with E-state index in [9.17, 15) is 0 Å². The van der Waals surface area contributed by atoms with Gasteiger partial charge in [-0.2, -0.15) is 0 Å². The van der Waals surface area contributed by atoms with Crippen LogP contribution in [-0.4, -0.2) is 23.4 Å². The van der Waals surface area contributed by atoms with Crippen molar-refractivity contribution in [1.82, 2.24) is 0 Å². The van der Waals surface area contributed by atoms with Crippen molar-refractivity contribution in [2.75, 3.05) is 13.2 Å². The molecular weight excluding hydrogens is 239 g/mol. The first kappa shape index (κ1) is 12.6. The molecule has 1 aromatic carbocycles. The van der Waals surface area contributed by atoms with E-state index in [-0.39, 0.29) is 13.2 Å². The van der Waals surface area contributed by atoms with Crippen LogP contribution in [0.5, 0.6) is 5.75 Å². The van der Waals surface area contributed by atoms with Crippen LogP contribution in [0, 0.1) is 0 Å². The van der Waals surface area contributed by atoms with E-state index in [1.54, 1.807) is 12.1 Å². The van der Waals surface area contributed by atoms with E-state index in [4.69, 9.17) is 38.2 Å². The van der Waals surface area contributed by atoms with E-state index in [2.05, 4.69) is 0 Å². The van der Waals surface area contributed by atoms with Crippen molar-refractivity contribution in [2.24, 2.45) is 0 Å². The van der Waals surface area contributed by atoms with Crippen molar-refractivity contribution in [1.29, 1.82) is 0 Å². The minimum absolute atomic E-state index is 0.0552. The van der Waals surface area contributed by atoms with Crippen LogP contribution in [-0.2, 0) is 6.61 Å². The van der Waals surface area contributed by atoms with Gasteiger partial charge in [0.15, 0.2) is 0 Å². The van der Waals surface area contributed by atoms with Gasteiger partial charge in [-0.15, -0.1) is 0 Å². The Kier molecular flexibility index (Phi) is 5.19. The number of benzene rings is 1. The summed E-state index contributed by atoms with van der Waals surface area (Å²) in [6.45, 7) is 0.221. The molecule has 5 heteroatoms. The highest BCUT2D eigenvalue weighted by Crippen LogP contribution is 2.32. The standard InChI is InChI=1S/C10H12Cl2O3/c11-8-4-7(6-14)10(9(12)5-8)15-3-1-2-13/h4-5,13-14H,1-3,6H2. The molecule has 3 nitrogen and oxygen atoms in total. The molecule has 0 atom stereocenters. The Bertz CT molecular complexity index is 329. The average molecular weight is 251 g/mol. The number of aliphatic hydroxyl groups excluding tert-OH is 2. The lowest BCUT2D eigenvalue weighted by Gasteiger charge is -2.11. The van der Waals surface area contributed by atoms with Gasteiger partial charge in [-0.25, -0.2) is 0 Å². The Morgan fingerprint density at radius 3 is 2.53 bits per heavy atom. The largest absolute Gasteiger partial charge is 0.492 e. The lowest BCUT2D eigenvalue weighted by Crippen LogP contribution is -2.03. The summed E-state index contributed by atoms with van der Waals surface area (Å²) in [5, 5.41) is 18.5. The molecule has 0 aromatic heterocycles. The second kappa shape index (κ2) is 6.18. The van der Waals surface area contributed by atoms with Crippen molar-refractivity contribution < 1.29 is 14.9 Å². The average Bonchev–Trinajstić information content (AvgIpc) is 2.20. The van der Waals surface area contributed by atoms with Gasteiger partial charge in [0, 0.05) is 23.6 Å². The summed E-state index contributed by atoms with van der Waals surface area (Å²) in [5.41, 5.74) is 0.547. The highest BCUT2D eigenvalue weighted by Gasteiger charge is 2.09. The van der Waals surface area contributed by atoms with Crippen LogP contribution in [0.3, 0.4) is 0 Å². The van der Waals surface area contributed by atoms with Crippen LogP contribution in [0.4, 0.5) is 0 Å². The van der Waals surface area contributed by atoms with E-state index >= 15 is 0 Å². The number of ether oxygens (including phenoxy) is 1. The second-order valence-electron chi connectivity index (χ2n) is 2.96. The molecule has 0 aliphatic carbocycles. The maximum atomic E-state index is 9.08. The van der Waals surface area contributed by atoms with Crippen molar-refractivity contribution >= 4 is 23.2 Å². The predicted molar refractivity (Wildman–Crippen MR) is 59.6 cm³/mol. The molecule has 0 heterocycles. The van der Waals surface area contributed by atoms with Gasteiger partial charge in [0.1, 0.15) is 5.75 Å². The summed E-state index contributed by atoms with van der Waals surface area (Å²) in [4.78, 5) is 0. The van der Waals surface area contributed by atoms with Crippen molar-refractivity contribution in [3.8, 4) is 5.75 Å². The molecular formula is C10H12Cl2O3. The number of hydrogen-bond acceptors (Lipinski definition) is 3. The minimum atomic E-state index is -0.186. The Morgan fingerprint density at radius 2 is 1.93 bits per heavy atom. The van der Waals surface area contributed by atoms with E-state index in [1.807, 2.05) is 0 Å². The topological polar surface area (TPSA) is 49.7 Å². The molecule has 0 fully saturated rings. The van der Waals surface area contributed by atoms with Gasteiger partial charge in [-0.05, 0) is 12.1 Å². The highest BCUT2D eigenvalue weighted by molar-refractivity contribution is 6.35. The minimum Gasteiger partial charge on any atom is -0.492 e. The summed E-state index contributed by atoms with van der Waals surface area (Å²) >= 11 is 11.7. The third-order valence-electron chi connectivity index (χ3n) is 1.80. The Labute approximate surface area is 98.2 Å².